The molecule has 3 heterocycles. The van der Waals surface area contributed by atoms with E-state index >= 15 is 0 Å². The Labute approximate surface area is 193 Å². The average molecular weight is 454 g/mol. The molecule has 0 spiro atoms. The number of nitrogens with zero attached hydrogens (tertiary/aromatic N) is 6. The largest absolute Gasteiger partial charge is 0.423 e. The van der Waals surface area contributed by atoms with E-state index in [-0.39, 0.29) is 0 Å². The van der Waals surface area contributed by atoms with Crippen LogP contribution in [0, 0.1) is 18.8 Å². The van der Waals surface area contributed by atoms with E-state index in [1.54, 1.807) is 12.4 Å². The van der Waals surface area contributed by atoms with Gasteiger partial charge >= 0.3 is 6.01 Å². The molecule has 3 atom stereocenters. The van der Waals surface area contributed by atoms with Gasteiger partial charge in [0.15, 0.2) is 0 Å². The molecule has 0 unspecified atom stereocenters. The summed E-state index contributed by atoms with van der Waals surface area (Å²) in [6, 6.07) is 10.3. The van der Waals surface area contributed by atoms with Gasteiger partial charge in [-0.1, -0.05) is 30.7 Å². The van der Waals surface area contributed by atoms with E-state index in [2.05, 4.69) is 38.2 Å². The molecule has 1 aliphatic carbocycles. The van der Waals surface area contributed by atoms with Crippen LogP contribution in [0.25, 0.3) is 0 Å². The van der Waals surface area contributed by atoms with E-state index in [1.807, 2.05) is 29.8 Å². The molecule has 3 aromatic rings. The number of halogens is 1. The molecule has 8 nitrogen and oxygen atoms in total. The van der Waals surface area contributed by atoms with Crippen LogP contribution in [0.15, 0.2) is 36.7 Å². The summed E-state index contributed by atoms with van der Waals surface area (Å²) in [6.45, 7) is 6.80. The van der Waals surface area contributed by atoms with Crippen LogP contribution in [0.3, 0.4) is 0 Å². The lowest BCUT2D eigenvalue weighted by molar-refractivity contribution is 0.374. The van der Waals surface area contributed by atoms with Gasteiger partial charge in [-0.2, -0.15) is 4.98 Å². The van der Waals surface area contributed by atoms with E-state index in [1.165, 1.54) is 12.8 Å². The van der Waals surface area contributed by atoms with Crippen LogP contribution < -0.4 is 15.0 Å². The van der Waals surface area contributed by atoms with Crippen LogP contribution in [0.2, 0.25) is 5.02 Å². The summed E-state index contributed by atoms with van der Waals surface area (Å²) in [4.78, 5) is 15.8. The number of para-hydroxylation sites is 1. The Hall–Kier alpha value is -2.87. The van der Waals surface area contributed by atoms with Crippen LogP contribution in [0.5, 0.6) is 11.8 Å². The lowest BCUT2D eigenvalue weighted by atomic mass is 9.92. The van der Waals surface area contributed by atoms with Crippen LogP contribution >= 0.6 is 11.6 Å². The Morgan fingerprint density at radius 3 is 2.66 bits per heavy atom. The molecule has 5 rings (SSSR count). The number of piperidine rings is 1. The highest BCUT2D eigenvalue weighted by Gasteiger charge is 2.43. The van der Waals surface area contributed by atoms with Crippen LogP contribution in [0.1, 0.15) is 31.9 Å². The van der Waals surface area contributed by atoms with Gasteiger partial charge in [-0.3, -0.25) is 0 Å². The lowest BCUT2D eigenvalue weighted by Crippen LogP contribution is -2.48. The first-order valence-electron chi connectivity index (χ1n) is 11.3. The van der Waals surface area contributed by atoms with Gasteiger partial charge in [0.05, 0.1) is 5.02 Å². The number of nitrogens with one attached hydrogen (secondary N) is 1. The molecule has 168 valence electrons. The number of hydrogen-bond donors (Lipinski definition) is 1. The maximum atomic E-state index is 6.27. The van der Waals surface area contributed by atoms with E-state index in [0.29, 0.717) is 40.6 Å². The van der Waals surface area contributed by atoms with Gasteiger partial charge < -0.3 is 15.0 Å². The first kappa shape index (κ1) is 21.0. The molecule has 9 heteroatoms. The van der Waals surface area contributed by atoms with Gasteiger partial charge in [0, 0.05) is 37.4 Å². The fourth-order valence-corrected chi connectivity index (χ4v) is 5.03. The molecule has 0 amide bonds. The first-order valence-corrected chi connectivity index (χ1v) is 11.7. The van der Waals surface area contributed by atoms with Crippen molar-refractivity contribution in [3.8, 4) is 11.8 Å². The van der Waals surface area contributed by atoms with Gasteiger partial charge in [-0.25, -0.2) is 14.6 Å². The summed E-state index contributed by atoms with van der Waals surface area (Å²) in [7, 11) is 0. The number of rotatable bonds is 7. The van der Waals surface area contributed by atoms with Crippen molar-refractivity contribution < 1.29 is 4.74 Å². The van der Waals surface area contributed by atoms with Crippen LogP contribution in [-0.2, 0) is 6.54 Å². The highest BCUT2D eigenvalue weighted by Crippen LogP contribution is 2.40. The van der Waals surface area contributed by atoms with Crippen molar-refractivity contribution in [2.75, 3.05) is 23.3 Å². The van der Waals surface area contributed by atoms with Gasteiger partial charge in [0.2, 0.25) is 5.95 Å². The SMILES string of the molecule is CCCn1nc(N[C@@H]2[C@@H]3CC[C@H]2CN(c2cc(C)ncn2)C3)nc1Oc1ccccc1Cl. The second-order valence-electron chi connectivity index (χ2n) is 8.66. The molecule has 2 aliphatic rings. The second-order valence-corrected chi connectivity index (χ2v) is 9.07. The minimum absolute atomic E-state index is 0.347. The first-order chi connectivity index (χ1) is 15.6. The van der Waals surface area contributed by atoms with Gasteiger partial charge in [0.25, 0.3) is 0 Å². The minimum atomic E-state index is 0.347. The molecule has 0 radical (unpaired) electrons. The highest BCUT2D eigenvalue weighted by molar-refractivity contribution is 6.32. The fourth-order valence-electron chi connectivity index (χ4n) is 4.86. The molecule has 2 bridgehead atoms. The molecular formula is C23H28ClN7O. The lowest BCUT2D eigenvalue weighted by Gasteiger charge is -2.38. The molecule has 1 N–H and O–H groups in total. The Morgan fingerprint density at radius 1 is 1.16 bits per heavy atom. The standard InChI is InChI=1S/C23H28ClN7O/c1-3-10-31-23(32-19-7-5-4-6-18(19)24)28-22(29-31)27-21-16-8-9-17(21)13-30(12-16)20-11-15(2)25-14-26-20/h4-7,11,14,16-17,21H,3,8-10,12-13H2,1-2H3,(H,27,29)/t16-,17+,21-. The third-order valence-electron chi connectivity index (χ3n) is 6.35. The Bertz CT molecular complexity index is 1070. The number of aryl methyl sites for hydroxylation is 2. The van der Waals surface area contributed by atoms with E-state index in [4.69, 9.17) is 21.4 Å². The molecule has 32 heavy (non-hydrogen) atoms. The summed E-state index contributed by atoms with van der Waals surface area (Å²) in [5, 5.41) is 8.88. The zero-order valence-corrected chi connectivity index (χ0v) is 19.2. The van der Waals surface area contributed by atoms with Gasteiger partial charge in [-0.05, 0) is 50.2 Å². The van der Waals surface area contributed by atoms with E-state index in [9.17, 15) is 0 Å². The summed E-state index contributed by atoms with van der Waals surface area (Å²) in [6.07, 6.45) is 4.98. The Morgan fingerprint density at radius 2 is 1.94 bits per heavy atom. The maximum Gasteiger partial charge on any atom is 0.322 e. The topological polar surface area (TPSA) is 81.0 Å². The van der Waals surface area contributed by atoms with Crippen molar-refractivity contribution in [3.63, 3.8) is 0 Å². The normalized spacial score (nSPS) is 22.2. The Balaban J connectivity index is 1.32. The fraction of sp³-hybridized carbons (Fsp3) is 0.478. The van der Waals surface area contributed by atoms with Crippen molar-refractivity contribution in [3.05, 3.63) is 47.4 Å². The van der Waals surface area contributed by atoms with Crippen molar-refractivity contribution >= 4 is 23.4 Å². The molecule has 2 aromatic heterocycles. The number of fused-ring (bicyclic) bond motifs is 2. The van der Waals surface area contributed by atoms with Crippen LogP contribution in [-0.4, -0.2) is 43.9 Å². The Kier molecular flexibility index (Phi) is 5.87. The summed E-state index contributed by atoms with van der Waals surface area (Å²) in [5.41, 5.74) is 0.999. The molecule has 1 aliphatic heterocycles. The monoisotopic (exact) mass is 453 g/mol. The van der Waals surface area contributed by atoms with Gasteiger partial charge in [-0.15, -0.1) is 5.10 Å². The zero-order chi connectivity index (χ0) is 22.1. The number of ether oxygens (including phenoxy) is 1. The molecule has 2 fully saturated rings. The predicted octanol–water partition coefficient (Wildman–Crippen LogP) is 4.56. The van der Waals surface area contributed by atoms with Crippen molar-refractivity contribution in [1.82, 2.24) is 24.7 Å². The molecule has 1 aromatic carbocycles. The van der Waals surface area contributed by atoms with Crippen molar-refractivity contribution in [1.29, 1.82) is 0 Å². The maximum absolute atomic E-state index is 6.27. The van der Waals surface area contributed by atoms with Gasteiger partial charge in [0.1, 0.15) is 17.9 Å². The molecular weight excluding hydrogens is 426 g/mol. The highest BCUT2D eigenvalue weighted by atomic mass is 35.5. The predicted molar refractivity (Wildman–Crippen MR) is 124 cm³/mol. The van der Waals surface area contributed by atoms with Crippen LogP contribution in [0.4, 0.5) is 11.8 Å². The third-order valence-corrected chi connectivity index (χ3v) is 6.67. The van der Waals surface area contributed by atoms with E-state index < -0.39 is 0 Å². The molecule has 1 saturated carbocycles. The van der Waals surface area contributed by atoms with E-state index in [0.717, 1.165) is 37.6 Å². The smallest absolute Gasteiger partial charge is 0.322 e. The number of anilines is 2. The zero-order valence-electron chi connectivity index (χ0n) is 18.4. The second kappa shape index (κ2) is 8.94. The number of aromatic nitrogens is 5. The van der Waals surface area contributed by atoms with Crippen molar-refractivity contribution in [2.24, 2.45) is 11.8 Å². The average Bonchev–Trinajstić information content (AvgIpc) is 3.25. The summed E-state index contributed by atoms with van der Waals surface area (Å²) < 4.78 is 7.82. The van der Waals surface area contributed by atoms with Crippen molar-refractivity contribution in [2.45, 2.75) is 45.7 Å². The number of benzene rings is 1. The summed E-state index contributed by atoms with van der Waals surface area (Å²) in [5.74, 6) is 3.27. The summed E-state index contributed by atoms with van der Waals surface area (Å²) >= 11 is 6.27. The third kappa shape index (κ3) is 4.24. The minimum Gasteiger partial charge on any atom is -0.423 e. The molecule has 1 saturated heterocycles. The number of hydrogen-bond acceptors (Lipinski definition) is 7. The quantitative estimate of drug-likeness (QED) is 0.561.